The first-order valence-electron chi connectivity index (χ1n) is 4.48. The molecule has 5 nitrogen and oxygen atoms in total. The Bertz CT molecular complexity index is 341. The summed E-state index contributed by atoms with van der Waals surface area (Å²) in [7, 11) is 1.53. The van der Waals surface area contributed by atoms with Crippen LogP contribution in [0.1, 0.15) is 0 Å². The monoisotopic (exact) mass is 210 g/mol. The van der Waals surface area contributed by atoms with Crippen LogP contribution in [-0.4, -0.2) is 30.8 Å². The third-order valence-corrected chi connectivity index (χ3v) is 1.96. The summed E-state index contributed by atoms with van der Waals surface area (Å²) in [5.41, 5.74) is 5.71. The number of methoxy groups -OCH3 is 1. The van der Waals surface area contributed by atoms with E-state index >= 15 is 0 Å². The maximum Gasteiger partial charge on any atom is 0.242 e. The number of carbonyl (C=O) groups is 1. The second kappa shape index (κ2) is 5.21. The van der Waals surface area contributed by atoms with Gasteiger partial charge in [-0.2, -0.15) is 0 Å². The zero-order valence-electron chi connectivity index (χ0n) is 8.43. The lowest BCUT2D eigenvalue weighted by atomic mass is 10.2. The average Bonchev–Trinajstić information content (AvgIpc) is 2.25. The van der Waals surface area contributed by atoms with Crippen LogP contribution in [0.25, 0.3) is 0 Å². The molecule has 0 saturated heterocycles. The molecule has 0 radical (unpaired) electrons. The van der Waals surface area contributed by atoms with Gasteiger partial charge in [0.25, 0.3) is 0 Å². The molecule has 0 spiro atoms. The fraction of sp³-hybridized carbons (Fsp3) is 0.300. The van der Waals surface area contributed by atoms with Gasteiger partial charge in [-0.05, 0) is 12.1 Å². The second-order valence-electron chi connectivity index (χ2n) is 2.98. The van der Waals surface area contributed by atoms with E-state index in [1.807, 2.05) is 6.07 Å². The molecule has 1 rings (SSSR count). The number of rotatable bonds is 5. The van der Waals surface area contributed by atoms with Crippen molar-refractivity contribution in [2.24, 2.45) is 5.73 Å². The molecule has 0 aliphatic heterocycles. The van der Waals surface area contributed by atoms with Crippen molar-refractivity contribution in [2.75, 3.05) is 19.0 Å². The topological polar surface area (TPSA) is 84.6 Å². The van der Waals surface area contributed by atoms with Gasteiger partial charge >= 0.3 is 0 Å². The number of benzene rings is 1. The van der Waals surface area contributed by atoms with Crippen LogP contribution in [0.15, 0.2) is 24.3 Å². The zero-order chi connectivity index (χ0) is 11.3. The molecule has 0 heterocycles. The van der Waals surface area contributed by atoms with Crippen molar-refractivity contribution < 1.29 is 14.6 Å². The number of carbonyl (C=O) groups excluding carboxylic acids is 1. The number of para-hydroxylation sites is 2. The minimum atomic E-state index is -0.804. The molecule has 1 aromatic carbocycles. The van der Waals surface area contributed by atoms with Crippen molar-refractivity contribution >= 4 is 11.6 Å². The fourth-order valence-corrected chi connectivity index (χ4v) is 1.16. The van der Waals surface area contributed by atoms with Gasteiger partial charge in [0.1, 0.15) is 11.8 Å². The van der Waals surface area contributed by atoms with Crippen LogP contribution in [0.4, 0.5) is 5.69 Å². The molecule has 0 aliphatic rings. The molecule has 0 bridgehead atoms. The molecule has 82 valence electrons. The molecule has 1 atom stereocenters. The van der Waals surface area contributed by atoms with Gasteiger partial charge in [-0.15, -0.1) is 0 Å². The molecular weight excluding hydrogens is 196 g/mol. The van der Waals surface area contributed by atoms with Crippen molar-refractivity contribution in [3.63, 3.8) is 0 Å². The van der Waals surface area contributed by atoms with Gasteiger partial charge in [0.2, 0.25) is 5.91 Å². The Hall–Kier alpha value is -1.75. The number of primary amides is 1. The standard InChI is InChI=1S/C10H14N2O3/c1-15-9-5-3-2-4-7(9)12-8(6-13)10(11)14/h2-5,8,12-13H,6H2,1H3,(H2,11,14). The summed E-state index contributed by atoms with van der Waals surface area (Å²) in [6.07, 6.45) is 0. The van der Waals surface area contributed by atoms with Gasteiger partial charge in [-0.1, -0.05) is 12.1 Å². The zero-order valence-corrected chi connectivity index (χ0v) is 8.43. The number of amides is 1. The van der Waals surface area contributed by atoms with Crippen molar-refractivity contribution in [1.29, 1.82) is 0 Å². The molecule has 4 N–H and O–H groups in total. The highest BCUT2D eigenvalue weighted by Gasteiger charge is 2.14. The molecule has 0 aromatic heterocycles. The van der Waals surface area contributed by atoms with Crippen LogP contribution in [0, 0.1) is 0 Å². The number of aliphatic hydroxyl groups excluding tert-OH is 1. The molecule has 15 heavy (non-hydrogen) atoms. The predicted octanol–water partition coefficient (Wildman–Crippen LogP) is -0.0467. The van der Waals surface area contributed by atoms with E-state index in [0.717, 1.165) is 0 Å². The van der Waals surface area contributed by atoms with Gasteiger partial charge in [0, 0.05) is 0 Å². The summed E-state index contributed by atoms with van der Waals surface area (Å²) in [5, 5.41) is 11.7. The van der Waals surface area contributed by atoms with E-state index in [1.54, 1.807) is 18.2 Å². The van der Waals surface area contributed by atoms with Crippen LogP contribution in [0.5, 0.6) is 5.75 Å². The van der Waals surface area contributed by atoms with E-state index in [-0.39, 0.29) is 6.61 Å². The number of nitrogens with two attached hydrogens (primary N) is 1. The summed E-state index contributed by atoms with van der Waals surface area (Å²) in [5.74, 6) is -0.0133. The van der Waals surface area contributed by atoms with Crippen LogP contribution < -0.4 is 15.8 Å². The average molecular weight is 210 g/mol. The number of hydrogen-bond acceptors (Lipinski definition) is 4. The largest absolute Gasteiger partial charge is 0.495 e. The van der Waals surface area contributed by atoms with E-state index in [4.69, 9.17) is 15.6 Å². The highest BCUT2D eigenvalue weighted by atomic mass is 16.5. The molecule has 1 aromatic rings. The predicted molar refractivity (Wildman–Crippen MR) is 56.7 cm³/mol. The Morgan fingerprint density at radius 3 is 2.80 bits per heavy atom. The maximum atomic E-state index is 10.9. The van der Waals surface area contributed by atoms with Crippen molar-refractivity contribution in [1.82, 2.24) is 0 Å². The highest BCUT2D eigenvalue weighted by molar-refractivity contribution is 5.83. The van der Waals surface area contributed by atoms with Gasteiger partial charge in [0.05, 0.1) is 19.4 Å². The summed E-state index contributed by atoms with van der Waals surface area (Å²) in [6, 6.07) is 6.28. The number of anilines is 1. The van der Waals surface area contributed by atoms with E-state index < -0.39 is 11.9 Å². The summed E-state index contributed by atoms with van der Waals surface area (Å²) in [6.45, 7) is -0.354. The van der Waals surface area contributed by atoms with Crippen LogP contribution in [-0.2, 0) is 4.79 Å². The molecule has 0 fully saturated rings. The number of nitrogens with one attached hydrogen (secondary N) is 1. The van der Waals surface area contributed by atoms with Crippen molar-refractivity contribution in [3.8, 4) is 5.75 Å². The Morgan fingerprint density at radius 2 is 2.27 bits per heavy atom. The summed E-state index contributed by atoms with van der Waals surface area (Å²) >= 11 is 0. The summed E-state index contributed by atoms with van der Waals surface area (Å²) < 4.78 is 5.07. The quantitative estimate of drug-likeness (QED) is 0.636. The molecule has 1 amide bonds. The first kappa shape index (κ1) is 11.3. The minimum absolute atomic E-state index is 0.354. The molecule has 0 aliphatic carbocycles. The third kappa shape index (κ3) is 2.85. The smallest absolute Gasteiger partial charge is 0.242 e. The first-order valence-corrected chi connectivity index (χ1v) is 4.48. The first-order chi connectivity index (χ1) is 7.19. The Morgan fingerprint density at radius 1 is 1.60 bits per heavy atom. The lowest BCUT2D eigenvalue weighted by Crippen LogP contribution is -2.38. The number of aliphatic hydroxyl groups is 1. The van der Waals surface area contributed by atoms with Gasteiger partial charge in [-0.25, -0.2) is 0 Å². The summed E-state index contributed by atoms with van der Waals surface area (Å²) in [4.78, 5) is 10.9. The van der Waals surface area contributed by atoms with Gasteiger partial charge in [-0.3, -0.25) is 4.79 Å². The maximum absolute atomic E-state index is 10.9. The lowest BCUT2D eigenvalue weighted by Gasteiger charge is -2.16. The van der Waals surface area contributed by atoms with Gasteiger partial charge < -0.3 is 20.9 Å². The van der Waals surface area contributed by atoms with E-state index in [9.17, 15) is 4.79 Å². The SMILES string of the molecule is COc1ccccc1NC(CO)C(N)=O. The van der Waals surface area contributed by atoms with Gasteiger partial charge in [0.15, 0.2) is 0 Å². The normalized spacial score (nSPS) is 11.9. The third-order valence-electron chi connectivity index (χ3n) is 1.96. The Labute approximate surface area is 87.9 Å². The molecular formula is C10H14N2O3. The minimum Gasteiger partial charge on any atom is -0.495 e. The van der Waals surface area contributed by atoms with Crippen molar-refractivity contribution in [2.45, 2.75) is 6.04 Å². The fourth-order valence-electron chi connectivity index (χ4n) is 1.16. The Kier molecular flexibility index (Phi) is 3.93. The highest BCUT2D eigenvalue weighted by Crippen LogP contribution is 2.23. The van der Waals surface area contributed by atoms with Crippen LogP contribution >= 0.6 is 0 Å². The molecule has 1 unspecified atom stereocenters. The number of hydrogen-bond donors (Lipinski definition) is 3. The van der Waals surface area contributed by atoms with E-state index in [1.165, 1.54) is 7.11 Å². The van der Waals surface area contributed by atoms with Crippen LogP contribution in [0.3, 0.4) is 0 Å². The second-order valence-corrected chi connectivity index (χ2v) is 2.98. The van der Waals surface area contributed by atoms with E-state index in [0.29, 0.717) is 11.4 Å². The van der Waals surface area contributed by atoms with E-state index in [2.05, 4.69) is 5.32 Å². The van der Waals surface area contributed by atoms with Crippen molar-refractivity contribution in [3.05, 3.63) is 24.3 Å². The number of ether oxygens (including phenoxy) is 1. The molecule has 5 heteroatoms. The molecule has 0 saturated carbocycles. The van der Waals surface area contributed by atoms with Crippen LogP contribution in [0.2, 0.25) is 0 Å². The lowest BCUT2D eigenvalue weighted by molar-refractivity contribution is -0.119. The Balaban J connectivity index is 2.82.